The molecular weight excluding hydrogens is 355 g/mol. The van der Waals surface area contributed by atoms with Crippen molar-refractivity contribution in [2.75, 3.05) is 14.2 Å². The lowest BCUT2D eigenvalue weighted by Crippen LogP contribution is -2.05. The van der Waals surface area contributed by atoms with E-state index < -0.39 is 5.97 Å². The van der Waals surface area contributed by atoms with Gasteiger partial charge in [-0.15, -0.1) is 0 Å². The molecule has 7 nitrogen and oxygen atoms in total. The fourth-order valence-electron chi connectivity index (χ4n) is 2.45. The zero-order valence-electron chi connectivity index (χ0n) is 15.0. The maximum atomic E-state index is 13.2. The Morgan fingerprint density at radius 1 is 1.22 bits per heavy atom. The number of carbonyl (C=O) groups excluding carboxylic acids is 1. The first-order valence-corrected chi connectivity index (χ1v) is 7.99. The number of rotatable bonds is 6. The maximum absolute atomic E-state index is 13.2. The van der Waals surface area contributed by atoms with Gasteiger partial charge in [-0.1, -0.05) is 5.16 Å². The van der Waals surface area contributed by atoms with Gasteiger partial charge in [0.25, 0.3) is 5.88 Å². The number of aromatic nitrogens is 2. The molecule has 0 amide bonds. The summed E-state index contributed by atoms with van der Waals surface area (Å²) in [5.41, 5.74) is 2.20. The summed E-state index contributed by atoms with van der Waals surface area (Å²) in [7, 11) is 2.73. The number of nitrogens with zero attached hydrogens (tertiary/aromatic N) is 2. The standard InChI is InChI=1S/C19H17FN2O5/c1-11-15(17(22-27-11)12-4-6-14(20)7-5-12)10-26-18-16(24-2)8-13(9-21-18)19(23)25-3/h4-9H,10H2,1-3H3. The summed E-state index contributed by atoms with van der Waals surface area (Å²) in [4.78, 5) is 15.7. The highest BCUT2D eigenvalue weighted by atomic mass is 19.1. The van der Waals surface area contributed by atoms with E-state index in [0.717, 1.165) is 0 Å². The number of halogens is 1. The molecule has 0 N–H and O–H groups in total. The number of hydrogen-bond acceptors (Lipinski definition) is 7. The summed E-state index contributed by atoms with van der Waals surface area (Å²) in [6.07, 6.45) is 1.34. The molecule has 2 heterocycles. The molecule has 0 spiro atoms. The second kappa shape index (κ2) is 7.86. The molecule has 0 saturated carbocycles. The molecule has 140 valence electrons. The van der Waals surface area contributed by atoms with E-state index in [4.69, 9.17) is 14.0 Å². The topological polar surface area (TPSA) is 83.7 Å². The predicted molar refractivity (Wildman–Crippen MR) is 93.1 cm³/mol. The Bertz CT molecular complexity index is 953. The summed E-state index contributed by atoms with van der Waals surface area (Å²) in [6.45, 7) is 1.85. The second-order valence-corrected chi connectivity index (χ2v) is 5.58. The van der Waals surface area contributed by atoms with Crippen LogP contribution in [0.4, 0.5) is 4.39 Å². The summed E-state index contributed by atoms with van der Waals surface area (Å²) in [5.74, 6) is 0.197. The highest BCUT2D eigenvalue weighted by Gasteiger charge is 2.18. The van der Waals surface area contributed by atoms with E-state index >= 15 is 0 Å². The van der Waals surface area contributed by atoms with E-state index in [1.807, 2.05) is 0 Å². The van der Waals surface area contributed by atoms with E-state index in [1.54, 1.807) is 19.1 Å². The first kappa shape index (κ1) is 18.4. The van der Waals surface area contributed by atoms with Gasteiger partial charge in [-0.25, -0.2) is 14.2 Å². The van der Waals surface area contributed by atoms with Crippen molar-refractivity contribution in [1.82, 2.24) is 10.1 Å². The van der Waals surface area contributed by atoms with Crippen molar-refractivity contribution in [2.24, 2.45) is 0 Å². The molecule has 0 bridgehead atoms. The fraction of sp³-hybridized carbons (Fsp3) is 0.211. The van der Waals surface area contributed by atoms with Crippen LogP contribution in [-0.4, -0.2) is 30.3 Å². The van der Waals surface area contributed by atoms with Crippen LogP contribution in [0.3, 0.4) is 0 Å². The van der Waals surface area contributed by atoms with Crippen LogP contribution in [-0.2, 0) is 11.3 Å². The molecule has 27 heavy (non-hydrogen) atoms. The number of benzene rings is 1. The highest BCUT2D eigenvalue weighted by molar-refractivity contribution is 5.89. The van der Waals surface area contributed by atoms with Crippen molar-refractivity contribution in [3.8, 4) is 22.9 Å². The summed E-state index contributed by atoms with van der Waals surface area (Å²) in [5, 5.41) is 4.03. The summed E-state index contributed by atoms with van der Waals surface area (Å²) in [6, 6.07) is 7.40. The van der Waals surface area contributed by atoms with Gasteiger partial charge in [-0.3, -0.25) is 0 Å². The Kier molecular flexibility index (Phi) is 5.35. The normalized spacial score (nSPS) is 10.5. The predicted octanol–water partition coefficient (Wildman–Crippen LogP) is 3.56. The molecule has 1 aromatic carbocycles. The summed E-state index contributed by atoms with van der Waals surface area (Å²) >= 11 is 0. The van der Waals surface area contributed by atoms with Gasteiger partial charge in [-0.2, -0.15) is 0 Å². The molecule has 8 heteroatoms. The van der Waals surface area contributed by atoms with E-state index in [2.05, 4.69) is 14.9 Å². The van der Waals surface area contributed by atoms with Crippen molar-refractivity contribution >= 4 is 5.97 Å². The Morgan fingerprint density at radius 3 is 2.63 bits per heavy atom. The monoisotopic (exact) mass is 372 g/mol. The van der Waals surface area contributed by atoms with Crippen molar-refractivity contribution in [3.63, 3.8) is 0 Å². The molecule has 3 aromatic rings. The molecule has 0 radical (unpaired) electrons. The van der Waals surface area contributed by atoms with Gasteiger partial charge in [0.15, 0.2) is 5.75 Å². The van der Waals surface area contributed by atoms with Gasteiger partial charge in [0.05, 0.1) is 25.3 Å². The third-order valence-corrected chi connectivity index (χ3v) is 3.91. The molecule has 0 unspecified atom stereocenters. The third-order valence-electron chi connectivity index (χ3n) is 3.91. The quantitative estimate of drug-likeness (QED) is 0.612. The minimum Gasteiger partial charge on any atom is -0.491 e. The van der Waals surface area contributed by atoms with Gasteiger partial charge in [0.1, 0.15) is 23.9 Å². The fourth-order valence-corrected chi connectivity index (χ4v) is 2.45. The molecule has 3 rings (SSSR count). The number of carbonyl (C=O) groups is 1. The van der Waals surface area contributed by atoms with Crippen molar-refractivity contribution in [1.29, 1.82) is 0 Å². The van der Waals surface area contributed by atoms with E-state index in [0.29, 0.717) is 22.6 Å². The van der Waals surface area contributed by atoms with Crippen LogP contribution < -0.4 is 9.47 Å². The van der Waals surface area contributed by atoms with Gasteiger partial charge in [0, 0.05) is 17.8 Å². The van der Waals surface area contributed by atoms with Gasteiger partial charge in [-0.05, 0) is 31.2 Å². The van der Waals surface area contributed by atoms with Crippen LogP contribution >= 0.6 is 0 Å². The zero-order chi connectivity index (χ0) is 19.4. The number of aryl methyl sites for hydroxylation is 1. The lowest BCUT2D eigenvalue weighted by atomic mass is 10.1. The molecule has 0 saturated heterocycles. The lowest BCUT2D eigenvalue weighted by molar-refractivity contribution is 0.0599. The first-order valence-electron chi connectivity index (χ1n) is 7.99. The molecule has 0 aliphatic carbocycles. The van der Waals surface area contributed by atoms with Crippen LogP contribution in [0.15, 0.2) is 41.1 Å². The number of hydrogen-bond donors (Lipinski definition) is 0. The van der Waals surface area contributed by atoms with Crippen molar-refractivity contribution in [3.05, 3.63) is 59.2 Å². The van der Waals surface area contributed by atoms with Crippen LogP contribution in [0, 0.1) is 12.7 Å². The highest BCUT2D eigenvalue weighted by Crippen LogP contribution is 2.30. The van der Waals surface area contributed by atoms with E-state index in [-0.39, 0.29) is 29.6 Å². The minimum absolute atomic E-state index is 0.100. The van der Waals surface area contributed by atoms with E-state index in [9.17, 15) is 9.18 Å². The average molecular weight is 372 g/mol. The first-order chi connectivity index (χ1) is 13.0. The van der Waals surface area contributed by atoms with Gasteiger partial charge in [0.2, 0.25) is 0 Å². The van der Waals surface area contributed by atoms with Crippen LogP contribution in [0.5, 0.6) is 11.6 Å². The van der Waals surface area contributed by atoms with Crippen LogP contribution in [0.25, 0.3) is 11.3 Å². The molecule has 0 fully saturated rings. The smallest absolute Gasteiger partial charge is 0.339 e. The Balaban J connectivity index is 1.84. The van der Waals surface area contributed by atoms with Gasteiger partial charge < -0.3 is 18.7 Å². The molecule has 0 atom stereocenters. The van der Waals surface area contributed by atoms with Crippen molar-refractivity contribution < 1.29 is 27.9 Å². The van der Waals surface area contributed by atoms with Crippen LogP contribution in [0.2, 0.25) is 0 Å². The Morgan fingerprint density at radius 2 is 1.96 bits per heavy atom. The number of methoxy groups -OCH3 is 2. The zero-order valence-corrected chi connectivity index (χ0v) is 15.0. The Labute approximate surface area is 154 Å². The largest absolute Gasteiger partial charge is 0.491 e. The molecular formula is C19H17FN2O5. The minimum atomic E-state index is -0.527. The molecule has 0 aliphatic rings. The van der Waals surface area contributed by atoms with Crippen molar-refractivity contribution in [2.45, 2.75) is 13.5 Å². The third kappa shape index (κ3) is 3.89. The van der Waals surface area contributed by atoms with E-state index in [1.165, 1.54) is 38.6 Å². The van der Waals surface area contributed by atoms with Crippen LogP contribution in [0.1, 0.15) is 21.7 Å². The number of ether oxygens (including phenoxy) is 3. The maximum Gasteiger partial charge on any atom is 0.339 e. The SMILES string of the molecule is COC(=O)c1cnc(OCc2c(-c3ccc(F)cc3)noc2C)c(OC)c1. The lowest BCUT2D eigenvalue weighted by Gasteiger charge is -2.11. The average Bonchev–Trinajstić information content (AvgIpc) is 3.06. The second-order valence-electron chi connectivity index (χ2n) is 5.58. The number of pyridine rings is 1. The number of esters is 1. The Hall–Kier alpha value is -3.42. The molecule has 0 aliphatic heterocycles. The molecule has 2 aromatic heterocycles. The summed E-state index contributed by atoms with van der Waals surface area (Å²) < 4.78 is 34.0. The van der Waals surface area contributed by atoms with Gasteiger partial charge >= 0.3 is 5.97 Å².